The summed E-state index contributed by atoms with van der Waals surface area (Å²) in [5.41, 5.74) is 1.09. The molecule has 1 aromatic carbocycles. The highest BCUT2D eigenvalue weighted by Gasteiger charge is 2.17. The van der Waals surface area contributed by atoms with Gasteiger partial charge in [-0.3, -0.25) is 0 Å². The lowest BCUT2D eigenvalue weighted by molar-refractivity contribution is -0.0109. The minimum absolute atomic E-state index is 0.313. The fraction of sp³-hybridized carbons (Fsp3) is 0.647. The van der Waals surface area contributed by atoms with Gasteiger partial charge in [-0.25, -0.2) is 0 Å². The van der Waals surface area contributed by atoms with E-state index >= 15 is 0 Å². The van der Waals surface area contributed by atoms with Crippen molar-refractivity contribution in [1.29, 1.82) is 0 Å². The van der Waals surface area contributed by atoms with E-state index in [1.807, 2.05) is 38.2 Å². The topological polar surface area (TPSA) is 41.9 Å². The SMILES string of the molecule is Cc1ccccc1OCC(O)CN(C)CC1CCCCO1. The third kappa shape index (κ3) is 5.65. The second-order valence-corrected chi connectivity index (χ2v) is 5.94. The highest BCUT2D eigenvalue weighted by molar-refractivity contribution is 5.31. The fourth-order valence-electron chi connectivity index (χ4n) is 2.69. The minimum atomic E-state index is -0.488. The van der Waals surface area contributed by atoms with E-state index < -0.39 is 6.10 Å². The zero-order chi connectivity index (χ0) is 15.1. The lowest BCUT2D eigenvalue weighted by Crippen LogP contribution is -2.39. The number of benzene rings is 1. The standard InChI is InChI=1S/C17H27NO3/c1-14-7-3-4-9-17(14)21-13-15(19)11-18(2)12-16-8-5-6-10-20-16/h3-4,7,9,15-16,19H,5-6,8,10-13H2,1-2H3. The van der Waals surface area contributed by atoms with E-state index in [0.717, 1.165) is 30.9 Å². The van der Waals surface area contributed by atoms with Crippen LogP contribution in [0.4, 0.5) is 0 Å². The average molecular weight is 293 g/mol. The Hall–Kier alpha value is -1.10. The van der Waals surface area contributed by atoms with Crippen LogP contribution in [-0.2, 0) is 4.74 Å². The van der Waals surface area contributed by atoms with Crippen molar-refractivity contribution in [1.82, 2.24) is 4.90 Å². The monoisotopic (exact) mass is 293 g/mol. The minimum Gasteiger partial charge on any atom is -0.491 e. The van der Waals surface area contributed by atoms with Gasteiger partial charge in [-0.05, 0) is 44.9 Å². The number of aliphatic hydroxyl groups is 1. The number of hydrogen-bond donors (Lipinski definition) is 1. The number of hydrogen-bond acceptors (Lipinski definition) is 4. The van der Waals surface area contributed by atoms with Gasteiger partial charge in [0, 0.05) is 19.7 Å². The number of para-hydroxylation sites is 1. The maximum absolute atomic E-state index is 10.1. The normalized spacial score (nSPS) is 20.5. The predicted octanol–water partition coefficient (Wildman–Crippen LogP) is 2.24. The van der Waals surface area contributed by atoms with Gasteiger partial charge in [0.15, 0.2) is 0 Å². The predicted molar refractivity (Wildman–Crippen MR) is 83.8 cm³/mol. The van der Waals surface area contributed by atoms with Crippen LogP contribution in [0.3, 0.4) is 0 Å². The van der Waals surface area contributed by atoms with Crippen molar-refractivity contribution < 1.29 is 14.6 Å². The molecule has 0 spiro atoms. The van der Waals surface area contributed by atoms with E-state index in [4.69, 9.17) is 9.47 Å². The number of ether oxygens (including phenoxy) is 2. The summed E-state index contributed by atoms with van der Waals surface area (Å²) in [6.45, 7) is 4.68. The highest BCUT2D eigenvalue weighted by Crippen LogP contribution is 2.16. The molecule has 1 aliphatic rings. The molecule has 0 radical (unpaired) electrons. The molecule has 0 saturated carbocycles. The first kappa shape index (κ1) is 16.3. The quantitative estimate of drug-likeness (QED) is 0.837. The van der Waals surface area contributed by atoms with Crippen LogP contribution in [0.1, 0.15) is 24.8 Å². The van der Waals surface area contributed by atoms with Crippen LogP contribution in [0.2, 0.25) is 0 Å². The molecule has 1 saturated heterocycles. The average Bonchev–Trinajstić information content (AvgIpc) is 2.47. The molecule has 1 heterocycles. The number of likely N-dealkylation sites (N-methyl/N-ethyl adjacent to an activating group) is 1. The van der Waals surface area contributed by atoms with Gasteiger partial charge in [0.05, 0.1) is 6.10 Å². The van der Waals surface area contributed by atoms with Crippen molar-refractivity contribution in [3.8, 4) is 5.75 Å². The number of aliphatic hydroxyl groups excluding tert-OH is 1. The second kappa shape index (κ2) is 8.37. The summed E-state index contributed by atoms with van der Waals surface area (Å²) in [4.78, 5) is 2.13. The lowest BCUT2D eigenvalue weighted by atomic mass is 10.1. The van der Waals surface area contributed by atoms with E-state index in [1.165, 1.54) is 12.8 Å². The van der Waals surface area contributed by atoms with Crippen molar-refractivity contribution in [2.24, 2.45) is 0 Å². The van der Waals surface area contributed by atoms with Gasteiger partial charge in [0.2, 0.25) is 0 Å². The van der Waals surface area contributed by atoms with Gasteiger partial charge >= 0.3 is 0 Å². The van der Waals surface area contributed by atoms with E-state index in [0.29, 0.717) is 19.3 Å². The molecule has 0 aliphatic carbocycles. The van der Waals surface area contributed by atoms with Gasteiger partial charge in [0.1, 0.15) is 18.5 Å². The van der Waals surface area contributed by atoms with E-state index in [1.54, 1.807) is 0 Å². The van der Waals surface area contributed by atoms with Crippen LogP contribution >= 0.6 is 0 Å². The van der Waals surface area contributed by atoms with Crippen molar-refractivity contribution in [3.05, 3.63) is 29.8 Å². The van der Waals surface area contributed by atoms with Gasteiger partial charge in [0.25, 0.3) is 0 Å². The first-order valence-corrected chi connectivity index (χ1v) is 7.82. The second-order valence-electron chi connectivity index (χ2n) is 5.94. The van der Waals surface area contributed by atoms with E-state index in [-0.39, 0.29) is 0 Å². The molecule has 1 aliphatic heterocycles. The van der Waals surface area contributed by atoms with Crippen LogP contribution in [0.25, 0.3) is 0 Å². The first-order chi connectivity index (χ1) is 10.1. The zero-order valence-electron chi connectivity index (χ0n) is 13.1. The summed E-state index contributed by atoms with van der Waals surface area (Å²) in [6.07, 6.45) is 3.37. The molecule has 21 heavy (non-hydrogen) atoms. The van der Waals surface area contributed by atoms with E-state index in [9.17, 15) is 5.11 Å². The van der Waals surface area contributed by atoms with Gasteiger partial charge in [-0.1, -0.05) is 18.2 Å². The number of rotatable bonds is 7. The molecule has 2 unspecified atom stereocenters. The lowest BCUT2D eigenvalue weighted by Gasteiger charge is -2.28. The molecular formula is C17H27NO3. The fourth-order valence-corrected chi connectivity index (χ4v) is 2.69. The summed E-state index contributed by atoms with van der Waals surface area (Å²) < 4.78 is 11.4. The summed E-state index contributed by atoms with van der Waals surface area (Å²) >= 11 is 0. The summed E-state index contributed by atoms with van der Waals surface area (Å²) in [6, 6.07) is 7.87. The van der Waals surface area contributed by atoms with Crippen molar-refractivity contribution >= 4 is 0 Å². The molecule has 4 heteroatoms. The molecule has 0 bridgehead atoms. The molecule has 2 rings (SSSR count). The van der Waals surface area contributed by atoms with E-state index in [2.05, 4.69) is 4.90 Å². The Labute approximate surface area is 127 Å². The molecule has 4 nitrogen and oxygen atoms in total. The Bertz CT molecular complexity index is 418. The Balaban J connectivity index is 1.68. The molecule has 1 aromatic rings. The van der Waals surface area contributed by atoms with Crippen molar-refractivity contribution in [2.75, 3.05) is 33.4 Å². The zero-order valence-corrected chi connectivity index (χ0v) is 13.1. The Kier molecular flexibility index (Phi) is 6.49. The summed E-state index contributed by atoms with van der Waals surface area (Å²) in [5.74, 6) is 0.842. The Morgan fingerprint density at radius 2 is 2.19 bits per heavy atom. The van der Waals surface area contributed by atoms with Crippen LogP contribution in [-0.4, -0.2) is 55.6 Å². The molecular weight excluding hydrogens is 266 g/mol. The van der Waals surface area contributed by atoms with Crippen LogP contribution in [0.5, 0.6) is 5.75 Å². The molecule has 118 valence electrons. The molecule has 1 N–H and O–H groups in total. The third-order valence-corrected chi connectivity index (χ3v) is 3.84. The summed E-state index contributed by atoms with van der Waals surface area (Å²) in [5, 5.41) is 10.1. The Morgan fingerprint density at radius 1 is 1.38 bits per heavy atom. The maximum atomic E-state index is 10.1. The Morgan fingerprint density at radius 3 is 2.90 bits per heavy atom. The van der Waals surface area contributed by atoms with Crippen LogP contribution in [0, 0.1) is 6.92 Å². The van der Waals surface area contributed by atoms with Gasteiger partial charge in [-0.15, -0.1) is 0 Å². The number of nitrogens with zero attached hydrogens (tertiary/aromatic N) is 1. The van der Waals surface area contributed by atoms with Crippen LogP contribution < -0.4 is 4.74 Å². The molecule has 1 fully saturated rings. The van der Waals surface area contributed by atoms with Crippen molar-refractivity contribution in [2.45, 2.75) is 38.4 Å². The molecule has 0 aromatic heterocycles. The smallest absolute Gasteiger partial charge is 0.122 e. The van der Waals surface area contributed by atoms with Crippen molar-refractivity contribution in [3.63, 3.8) is 0 Å². The number of aryl methyl sites for hydroxylation is 1. The largest absolute Gasteiger partial charge is 0.491 e. The van der Waals surface area contributed by atoms with Crippen LogP contribution in [0.15, 0.2) is 24.3 Å². The summed E-state index contributed by atoms with van der Waals surface area (Å²) in [7, 11) is 2.02. The highest BCUT2D eigenvalue weighted by atomic mass is 16.5. The molecule has 0 amide bonds. The molecule has 2 atom stereocenters. The third-order valence-electron chi connectivity index (χ3n) is 3.84. The maximum Gasteiger partial charge on any atom is 0.122 e. The van der Waals surface area contributed by atoms with Gasteiger partial charge < -0.3 is 19.5 Å². The first-order valence-electron chi connectivity index (χ1n) is 7.82. The van der Waals surface area contributed by atoms with Gasteiger partial charge in [-0.2, -0.15) is 0 Å².